The summed E-state index contributed by atoms with van der Waals surface area (Å²) >= 11 is 7.71. The van der Waals surface area contributed by atoms with Gasteiger partial charge in [0.05, 0.1) is 10.6 Å². The standard InChI is InChI=1S/C12H18ClN3OS/c1-4-9(7-18-3)16-12(17)8-5-10(13)11(14-2)15-6-8/h5-6,9H,4,7H2,1-3H3,(H,14,15)(H,16,17). The molecule has 0 aliphatic heterocycles. The molecule has 0 aliphatic rings. The van der Waals surface area contributed by atoms with Gasteiger partial charge in [-0.3, -0.25) is 4.79 Å². The number of nitrogens with zero attached hydrogens (tertiary/aromatic N) is 1. The monoisotopic (exact) mass is 287 g/mol. The largest absolute Gasteiger partial charge is 0.372 e. The Balaban J connectivity index is 2.74. The van der Waals surface area contributed by atoms with Crippen molar-refractivity contribution < 1.29 is 4.79 Å². The van der Waals surface area contributed by atoms with Crippen LogP contribution in [0, 0.1) is 0 Å². The normalized spacial score (nSPS) is 12.0. The number of carbonyl (C=O) groups is 1. The van der Waals surface area contributed by atoms with Gasteiger partial charge in [-0.2, -0.15) is 11.8 Å². The third kappa shape index (κ3) is 4.07. The van der Waals surface area contributed by atoms with Crippen molar-refractivity contribution in [2.45, 2.75) is 19.4 Å². The lowest BCUT2D eigenvalue weighted by atomic mass is 10.2. The third-order valence-corrected chi connectivity index (χ3v) is 3.56. The minimum atomic E-state index is -0.132. The molecule has 1 unspecified atom stereocenters. The van der Waals surface area contributed by atoms with Gasteiger partial charge in [0.1, 0.15) is 5.82 Å². The Bertz CT molecular complexity index is 414. The molecule has 100 valence electrons. The number of thioether (sulfide) groups is 1. The van der Waals surface area contributed by atoms with E-state index in [1.54, 1.807) is 24.9 Å². The van der Waals surface area contributed by atoms with E-state index in [0.717, 1.165) is 12.2 Å². The zero-order valence-corrected chi connectivity index (χ0v) is 12.4. The van der Waals surface area contributed by atoms with Crippen LogP contribution in [0.4, 0.5) is 5.82 Å². The van der Waals surface area contributed by atoms with Crippen LogP contribution < -0.4 is 10.6 Å². The Morgan fingerprint density at radius 1 is 1.61 bits per heavy atom. The third-order valence-electron chi connectivity index (χ3n) is 2.54. The molecule has 0 bridgehead atoms. The van der Waals surface area contributed by atoms with Crippen molar-refractivity contribution in [1.29, 1.82) is 0 Å². The number of hydrogen-bond donors (Lipinski definition) is 2. The Labute approximate surface area is 117 Å². The van der Waals surface area contributed by atoms with Gasteiger partial charge in [0.25, 0.3) is 5.91 Å². The molecule has 1 atom stereocenters. The quantitative estimate of drug-likeness (QED) is 0.845. The van der Waals surface area contributed by atoms with Crippen LogP contribution >= 0.6 is 23.4 Å². The number of amides is 1. The molecule has 0 radical (unpaired) electrons. The first-order valence-corrected chi connectivity index (χ1v) is 7.52. The fourth-order valence-corrected chi connectivity index (χ4v) is 2.46. The van der Waals surface area contributed by atoms with Crippen molar-refractivity contribution in [3.63, 3.8) is 0 Å². The molecule has 0 aromatic carbocycles. The lowest BCUT2D eigenvalue weighted by Crippen LogP contribution is -2.36. The maximum absolute atomic E-state index is 12.0. The highest BCUT2D eigenvalue weighted by atomic mass is 35.5. The summed E-state index contributed by atoms with van der Waals surface area (Å²) in [7, 11) is 1.74. The van der Waals surface area contributed by atoms with Crippen LogP contribution in [0.1, 0.15) is 23.7 Å². The summed E-state index contributed by atoms with van der Waals surface area (Å²) in [5, 5.41) is 6.27. The first-order valence-electron chi connectivity index (χ1n) is 5.75. The average Bonchev–Trinajstić information content (AvgIpc) is 2.37. The summed E-state index contributed by atoms with van der Waals surface area (Å²) < 4.78 is 0. The van der Waals surface area contributed by atoms with Gasteiger partial charge in [-0.25, -0.2) is 4.98 Å². The summed E-state index contributed by atoms with van der Waals surface area (Å²) in [6, 6.07) is 1.80. The predicted octanol–water partition coefficient (Wildman–Crippen LogP) is 2.65. The van der Waals surface area contributed by atoms with E-state index in [1.807, 2.05) is 6.26 Å². The first-order chi connectivity index (χ1) is 8.62. The number of hydrogen-bond acceptors (Lipinski definition) is 4. The number of aromatic nitrogens is 1. The van der Waals surface area contributed by atoms with Crippen LogP contribution in [0.25, 0.3) is 0 Å². The number of nitrogens with one attached hydrogen (secondary N) is 2. The van der Waals surface area contributed by atoms with Gasteiger partial charge in [-0.05, 0) is 18.7 Å². The van der Waals surface area contributed by atoms with Crippen molar-refractivity contribution in [1.82, 2.24) is 10.3 Å². The van der Waals surface area contributed by atoms with Gasteiger partial charge in [0, 0.05) is 25.0 Å². The van der Waals surface area contributed by atoms with Gasteiger partial charge in [0.2, 0.25) is 0 Å². The van der Waals surface area contributed by atoms with E-state index in [1.165, 1.54) is 6.20 Å². The van der Waals surface area contributed by atoms with E-state index >= 15 is 0 Å². The van der Waals surface area contributed by atoms with E-state index in [4.69, 9.17) is 11.6 Å². The molecule has 0 saturated carbocycles. The molecular formula is C12H18ClN3OS. The molecule has 4 nitrogen and oxygen atoms in total. The number of anilines is 1. The van der Waals surface area contributed by atoms with Crippen LogP contribution in [0.3, 0.4) is 0 Å². The van der Waals surface area contributed by atoms with Crippen LogP contribution in [0.2, 0.25) is 5.02 Å². The zero-order chi connectivity index (χ0) is 13.5. The molecular weight excluding hydrogens is 270 g/mol. The van der Waals surface area contributed by atoms with Crippen molar-refractivity contribution >= 4 is 35.1 Å². The SMILES string of the molecule is CCC(CSC)NC(=O)c1cnc(NC)c(Cl)c1. The highest BCUT2D eigenvalue weighted by molar-refractivity contribution is 7.98. The second-order valence-corrected chi connectivity index (χ2v) is 5.16. The summed E-state index contributed by atoms with van der Waals surface area (Å²) in [5.74, 6) is 1.34. The van der Waals surface area contributed by atoms with Crippen LogP contribution in [-0.2, 0) is 0 Å². The van der Waals surface area contributed by atoms with Crippen LogP contribution in [0.15, 0.2) is 12.3 Å². The second kappa shape index (κ2) is 7.48. The molecule has 18 heavy (non-hydrogen) atoms. The summed E-state index contributed by atoms with van der Waals surface area (Å²) in [5.41, 5.74) is 0.485. The maximum atomic E-state index is 12.0. The van der Waals surface area contributed by atoms with Gasteiger partial charge < -0.3 is 10.6 Å². The summed E-state index contributed by atoms with van der Waals surface area (Å²) in [6.45, 7) is 2.05. The van der Waals surface area contributed by atoms with Gasteiger partial charge >= 0.3 is 0 Å². The molecule has 1 aromatic heterocycles. The van der Waals surface area contributed by atoms with Crippen molar-refractivity contribution in [2.24, 2.45) is 0 Å². The number of rotatable bonds is 6. The van der Waals surface area contributed by atoms with E-state index < -0.39 is 0 Å². The molecule has 0 aliphatic carbocycles. The molecule has 1 aromatic rings. The molecule has 6 heteroatoms. The molecule has 0 saturated heterocycles. The minimum absolute atomic E-state index is 0.132. The van der Waals surface area contributed by atoms with Crippen molar-refractivity contribution in [2.75, 3.05) is 24.4 Å². The smallest absolute Gasteiger partial charge is 0.253 e. The highest BCUT2D eigenvalue weighted by Gasteiger charge is 2.13. The average molecular weight is 288 g/mol. The van der Waals surface area contributed by atoms with E-state index in [-0.39, 0.29) is 11.9 Å². The van der Waals surface area contributed by atoms with Crippen molar-refractivity contribution in [3.8, 4) is 0 Å². The highest BCUT2D eigenvalue weighted by Crippen LogP contribution is 2.19. The summed E-state index contributed by atoms with van der Waals surface area (Å²) in [4.78, 5) is 16.1. The maximum Gasteiger partial charge on any atom is 0.253 e. The van der Waals surface area contributed by atoms with Crippen LogP contribution in [-0.4, -0.2) is 36.0 Å². The fourth-order valence-electron chi connectivity index (χ4n) is 1.48. The van der Waals surface area contributed by atoms with E-state index in [2.05, 4.69) is 22.5 Å². The number of carbonyl (C=O) groups excluding carboxylic acids is 1. The molecule has 0 fully saturated rings. The van der Waals surface area contributed by atoms with Gasteiger partial charge in [0.15, 0.2) is 0 Å². The lowest BCUT2D eigenvalue weighted by molar-refractivity contribution is 0.0939. The van der Waals surface area contributed by atoms with E-state index in [0.29, 0.717) is 16.4 Å². The molecule has 2 N–H and O–H groups in total. The fraction of sp³-hybridized carbons (Fsp3) is 0.500. The lowest BCUT2D eigenvalue weighted by Gasteiger charge is -2.15. The molecule has 1 rings (SSSR count). The van der Waals surface area contributed by atoms with E-state index in [9.17, 15) is 4.79 Å². The topological polar surface area (TPSA) is 54.0 Å². The molecule has 0 spiro atoms. The zero-order valence-electron chi connectivity index (χ0n) is 10.8. The Morgan fingerprint density at radius 2 is 2.33 bits per heavy atom. The number of halogens is 1. The summed E-state index contributed by atoms with van der Waals surface area (Å²) in [6.07, 6.45) is 4.45. The Kier molecular flexibility index (Phi) is 6.29. The van der Waals surface area contributed by atoms with Crippen LogP contribution in [0.5, 0.6) is 0 Å². The molecule has 1 heterocycles. The van der Waals surface area contributed by atoms with Gasteiger partial charge in [-0.15, -0.1) is 0 Å². The van der Waals surface area contributed by atoms with Crippen molar-refractivity contribution in [3.05, 3.63) is 22.8 Å². The Hall–Kier alpha value is -0.940. The predicted molar refractivity (Wildman–Crippen MR) is 78.7 cm³/mol. The Morgan fingerprint density at radius 3 is 2.83 bits per heavy atom. The first kappa shape index (κ1) is 15.1. The molecule has 1 amide bonds. The second-order valence-electron chi connectivity index (χ2n) is 3.84. The number of pyridine rings is 1. The minimum Gasteiger partial charge on any atom is -0.372 e. The van der Waals surface area contributed by atoms with Gasteiger partial charge in [-0.1, -0.05) is 18.5 Å².